The summed E-state index contributed by atoms with van der Waals surface area (Å²) in [5.74, 6) is 0.441. The van der Waals surface area contributed by atoms with Gasteiger partial charge in [-0.05, 0) is 55.4 Å². The van der Waals surface area contributed by atoms with E-state index in [0.717, 1.165) is 30.6 Å². The van der Waals surface area contributed by atoms with Gasteiger partial charge in [-0.15, -0.1) is 0 Å². The highest BCUT2D eigenvalue weighted by atomic mass is 32.3. The van der Waals surface area contributed by atoms with Gasteiger partial charge in [-0.3, -0.25) is 0 Å². The minimum atomic E-state index is -4.02. The van der Waals surface area contributed by atoms with Crippen LogP contribution in [0.15, 0.2) is 48.5 Å². The molecule has 0 aliphatic heterocycles. The fourth-order valence-corrected chi connectivity index (χ4v) is 9.41. The SMILES string of the molecule is CN(CCOc1ccc(N(S(C)(=O)=O)S(C)(=O)=O)cc1)CCc1ccc(N(S(C)(=O)=O)S(C)(=O)=O)cc1. The number of anilines is 2. The van der Waals surface area contributed by atoms with Crippen LogP contribution in [0.2, 0.25) is 0 Å². The second-order valence-corrected chi connectivity index (χ2v) is 16.3. The fraction of sp³-hybridized carbons (Fsp3) is 0.429. The van der Waals surface area contributed by atoms with Crippen molar-refractivity contribution in [3.8, 4) is 5.75 Å². The predicted octanol–water partition coefficient (Wildman–Crippen LogP) is 0.691. The lowest BCUT2D eigenvalue weighted by Gasteiger charge is -2.21. The molecule has 0 aliphatic rings. The monoisotopic (exact) mass is 597 g/mol. The van der Waals surface area contributed by atoms with Gasteiger partial charge in [-0.2, -0.15) is 7.42 Å². The third-order valence-electron chi connectivity index (χ3n) is 4.92. The average Bonchev–Trinajstić information content (AvgIpc) is 2.70. The van der Waals surface area contributed by atoms with E-state index in [1.165, 1.54) is 36.4 Å². The zero-order valence-electron chi connectivity index (χ0n) is 21.1. The summed E-state index contributed by atoms with van der Waals surface area (Å²) < 4.78 is 101. The molecule has 2 aromatic rings. The van der Waals surface area contributed by atoms with E-state index in [-0.39, 0.29) is 11.4 Å². The quantitative estimate of drug-likeness (QED) is 0.322. The van der Waals surface area contributed by atoms with Crippen molar-refractivity contribution in [2.45, 2.75) is 6.42 Å². The van der Waals surface area contributed by atoms with Gasteiger partial charge in [0.25, 0.3) is 0 Å². The molecule has 0 aliphatic carbocycles. The molecular formula is C21H31N3O9S4. The molecule has 0 unspecified atom stereocenters. The summed E-state index contributed by atoms with van der Waals surface area (Å²) in [4.78, 5) is 2.00. The van der Waals surface area contributed by atoms with Gasteiger partial charge < -0.3 is 9.64 Å². The van der Waals surface area contributed by atoms with E-state index >= 15 is 0 Å². The third-order valence-corrected chi connectivity index (χ3v) is 11.4. The third kappa shape index (κ3) is 9.14. The van der Waals surface area contributed by atoms with E-state index in [1.54, 1.807) is 12.1 Å². The maximum Gasteiger partial charge on any atom is 0.245 e. The molecule has 0 N–H and O–H groups in total. The number of benzene rings is 2. The van der Waals surface area contributed by atoms with Crippen molar-refractivity contribution in [3.05, 3.63) is 54.1 Å². The van der Waals surface area contributed by atoms with Gasteiger partial charge in [0.1, 0.15) is 12.4 Å². The molecule has 12 nitrogen and oxygen atoms in total. The molecule has 0 bridgehead atoms. The van der Waals surface area contributed by atoms with Crippen LogP contribution in [0.25, 0.3) is 0 Å². The Hall–Kier alpha value is -2.40. The van der Waals surface area contributed by atoms with Gasteiger partial charge in [0.15, 0.2) is 0 Å². The van der Waals surface area contributed by atoms with E-state index in [2.05, 4.69) is 0 Å². The summed E-state index contributed by atoms with van der Waals surface area (Å²) in [6, 6.07) is 11.9. The Labute approximate surface area is 219 Å². The van der Waals surface area contributed by atoms with Gasteiger partial charge in [0.2, 0.25) is 40.1 Å². The van der Waals surface area contributed by atoms with Crippen LogP contribution in [0.4, 0.5) is 11.4 Å². The Morgan fingerprint density at radius 1 is 0.595 bits per heavy atom. The Morgan fingerprint density at radius 3 is 1.35 bits per heavy atom. The summed E-state index contributed by atoms with van der Waals surface area (Å²) in [6.45, 7) is 1.50. The number of nitrogens with zero attached hydrogens (tertiary/aromatic N) is 3. The van der Waals surface area contributed by atoms with Crippen molar-refractivity contribution in [2.75, 3.05) is 59.2 Å². The lowest BCUT2D eigenvalue weighted by molar-refractivity contribution is 0.239. The van der Waals surface area contributed by atoms with Crippen LogP contribution in [-0.2, 0) is 46.5 Å². The number of hydrogen-bond donors (Lipinski definition) is 0. The highest BCUT2D eigenvalue weighted by Gasteiger charge is 2.28. The minimum absolute atomic E-state index is 0.0170. The van der Waals surface area contributed by atoms with E-state index < -0.39 is 40.1 Å². The molecule has 0 heterocycles. The molecular weight excluding hydrogens is 567 g/mol. The lowest BCUT2D eigenvalue weighted by Crippen LogP contribution is -2.35. The maximum absolute atomic E-state index is 11.9. The Balaban J connectivity index is 1.91. The first-order valence-corrected chi connectivity index (χ1v) is 18.1. The molecule has 16 heteroatoms. The normalized spacial score (nSPS) is 12.9. The van der Waals surface area contributed by atoms with Gasteiger partial charge >= 0.3 is 0 Å². The van der Waals surface area contributed by atoms with Crippen LogP contribution < -0.4 is 12.2 Å². The largest absolute Gasteiger partial charge is 0.492 e. The smallest absolute Gasteiger partial charge is 0.245 e. The predicted molar refractivity (Wildman–Crippen MR) is 144 cm³/mol. The van der Waals surface area contributed by atoms with Crippen LogP contribution >= 0.6 is 0 Å². The summed E-state index contributed by atoms with van der Waals surface area (Å²) in [7, 11) is -14.2. The highest BCUT2D eigenvalue weighted by molar-refractivity contribution is 8.10. The van der Waals surface area contributed by atoms with Crippen LogP contribution in [0.3, 0.4) is 0 Å². The average molecular weight is 598 g/mol. The molecule has 2 rings (SSSR count). The van der Waals surface area contributed by atoms with Crippen molar-refractivity contribution in [1.29, 1.82) is 0 Å². The van der Waals surface area contributed by atoms with E-state index in [4.69, 9.17) is 4.74 Å². The Bertz CT molecular complexity index is 1440. The van der Waals surface area contributed by atoms with Crippen molar-refractivity contribution >= 4 is 51.5 Å². The molecule has 37 heavy (non-hydrogen) atoms. The van der Waals surface area contributed by atoms with Gasteiger partial charge in [-0.1, -0.05) is 12.1 Å². The van der Waals surface area contributed by atoms with Gasteiger partial charge in [-0.25, -0.2) is 33.7 Å². The zero-order valence-corrected chi connectivity index (χ0v) is 24.4. The van der Waals surface area contributed by atoms with Crippen LogP contribution in [0, 0.1) is 0 Å². The van der Waals surface area contributed by atoms with Gasteiger partial charge in [0.05, 0.1) is 36.4 Å². The Kier molecular flexibility index (Phi) is 9.62. The number of ether oxygens (including phenoxy) is 1. The van der Waals surface area contributed by atoms with E-state index in [1.807, 2.05) is 11.9 Å². The molecule has 2 aromatic carbocycles. The molecule has 0 spiro atoms. The maximum atomic E-state index is 11.9. The molecule has 0 amide bonds. The van der Waals surface area contributed by atoms with Crippen molar-refractivity contribution < 1.29 is 38.4 Å². The number of likely N-dealkylation sites (N-methyl/N-ethyl adjacent to an activating group) is 1. The second-order valence-electron chi connectivity index (χ2n) is 8.51. The van der Waals surface area contributed by atoms with E-state index in [9.17, 15) is 33.7 Å². The summed E-state index contributed by atoms with van der Waals surface area (Å²) in [5.41, 5.74) is 0.907. The van der Waals surface area contributed by atoms with Crippen molar-refractivity contribution in [2.24, 2.45) is 0 Å². The second kappa shape index (κ2) is 11.6. The highest BCUT2D eigenvalue weighted by Crippen LogP contribution is 2.24. The standard InChI is InChI=1S/C21H31N3O9S4/c1-22(15-14-18-6-8-19(9-7-18)23(34(2,25)26)35(3,27)28)16-17-33-21-12-10-20(11-13-21)24(36(4,29)30)37(5,31)32/h6-13H,14-17H2,1-5H3. The Morgan fingerprint density at radius 2 is 0.973 bits per heavy atom. The molecule has 0 atom stereocenters. The number of hydrogen-bond acceptors (Lipinski definition) is 10. The minimum Gasteiger partial charge on any atom is -0.492 e. The van der Waals surface area contributed by atoms with Crippen molar-refractivity contribution in [3.63, 3.8) is 0 Å². The molecule has 0 saturated heterocycles. The topological polar surface area (TPSA) is 156 Å². The molecule has 0 radical (unpaired) electrons. The van der Waals surface area contributed by atoms with Crippen LogP contribution in [0.5, 0.6) is 5.75 Å². The molecule has 0 aromatic heterocycles. The van der Waals surface area contributed by atoms with E-state index in [0.29, 0.717) is 39.3 Å². The number of sulfonamides is 4. The molecule has 208 valence electrons. The van der Waals surface area contributed by atoms with Crippen LogP contribution in [0.1, 0.15) is 5.56 Å². The zero-order chi connectivity index (χ0) is 28.2. The fourth-order valence-electron chi connectivity index (χ4n) is 3.46. The van der Waals surface area contributed by atoms with Crippen molar-refractivity contribution in [1.82, 2.24) is 4.90 Å². The summed E-state index contributed by atoms with van der Waals surface area (Å²) >= 11 is 0. The first kappa shape index (κ1) is 30.8. The van der Waals surface area contributed by atoms with Gasteiger partial charge in [0, 0.05) is 13.1 Å². The van der Waals surface area contributed by atoms with Crippen LogP contribution in [-0.4, -0.2) is 90.3 Å². The first-order valence-electron chi connectivity index (χ1n) is 10.7. The first-order chi connectivity index (χ1) is 16.8. The molecule has 0 fully saturated rings. The summed E-state index contributed by atoms with van der Waals surface area (Å²) in [5, 5.41) is 0. The lowest BCUT2D eigenvalue weighted by atomic mass is 10.1. The number of rotatable bonds is 13. The molecule has 0 saturated carbocycles. The summed E-state index contributed by atoms with van der Waals surface area (Å²) in [6.07, 6.45) is 3.89.